The number of nitrogens with one attached hydrogen (secondary N) is 2. The highest BCUT2D eigenvalue weighted by atomic mass is 35.5. The molecule has 0 bridgehead atoms. The average molecular weight is 480 g/mol. The van der Waals surface area contributed by atoms with E-state index in [1.54, 1.807) is 19.1 Å². The highest BCUT2D eigenvalue weighted by Gasteiger charge is 2.29. The number of Topliss-reactive ketones (excluding diaryl/α,β-unsaturated/α-hetero) is 1. The number of hydrogen-bond donors (Lipinski definition) is 2. The summed E-state index contributed by atoms with van der Waals surface area (Å²) in [6.45, 7) is 1.89. The van der Waals surface area contributed by atoms with Gasteiger partial charge in [-0.15, -0.1) is 0 Å². The Morgan fingerprint density at radius 3 is 2.26 bits per heavy atom. The molecule has 1 heterocycles. The Hall–Kier alpha value is -3.55. The molecule has 0 spiro atoms. The first-order valence-electron chi connectivity index (χ1n) is 10.8. The van der Waals surface area contributed by atoms with Gasteiger partial charge in [0.2, 0.25) is 11.7 Å². The van der Waals surface area contributed by atoms with E-state index in [1.807, 2.05) is 60.7 Å². The van der Waals surface area contributed by atoms with Crippen LogP contribution in [0.5, 0.6) is 0 Å². The molecule has 7 nitrogen and oxygen atoms in total. The summed E-state index contributed by atoms with van der Waals surface area (Å²) in [6.07, 6.45) is 0.866. The van der Waals surface area contributed by atoms with E-state index in [0.29, 0.717) is 10.7 Å². The smallest absolute Gasteiger partial charge is 0.289 e. The lowest BCUT2D eigenvalue weighted by Gasteiger charge is -2.20. The Bertz CT molecular complexity index is 1110. The molecule has 2 N–H and O–H groups in total. The van der Waals surface area contributed by atoms with Crippen molar-refractivity contribution in [1.82, 2.24) is 15.6 Å². The summed E-state index contributed by atoms with van der Waals surface area (Å²) in [5, 5.41) is 5.70. The van der Waals surface area contributed by atoms with Crippen LogP contribution >= 0.6 is 11.6 Å². The van der Waals surface area contributed by atoms with Crippen LogP contribution in [0, 0.1) is 0 Å². The Labute approximate surface area is 203 Å². The molecule has 0 aliphatic carbocycles. The first-order chi connectivity index (χ1) is 16.4. The number of amides is 2. The molecule has 176 valence electrons. The fourth-order valence-electron chi connectivity index (χ4n) is 3.18. The summed E-state index contributed by atoms with van der Waals surface area (Å²) in [5.74, 6) is -2.05. The number of rotatable bonds is 11. The number of aromatic nitrogens is 1. The van der Waals surface area contributed by atoms with E-state index < -0.39 is 29.7 Å². The SMILES string of the molecule is C[C@@H](OCc1ccccc1)C(=O)N[C@H](Cc1ccccc1)C(=O)C(=O)NCc1cc(Cl)ccn1. The van der Waals surface area contributed by atoms with Crippen molar-refractivity contribution in [3.63, 3.8) is 0 Å². The largest absolute Gasteiger partial charge is 0.364 e. The second-order valence-corrected chi connectivity index (χ2v) is 8.14. The van der Waals surface area contributed by atoms with Gasteiger partial charge in [-0.1, -0.05) is 72.3 Å². The molecule has 0 saturated carbocycles. The number of ketones is 1. The molecule has 34 heavy (non-hydrogen) atoms. The van der Waals surface area contributed by atoms with Crippen molar-refractivity contribution in [2.45, 2.75) is 38.6 Å². The van der Waals surface area contributed by atoms with Crippen LogP contribution in [0.4, 0.5) is 0 Å². The lowest BCUT2D eigenvalue weighted by atomic mass is 10.0. The third-order valence-corrected chi connectivity index (χ3v) is 5.30. The van der Waals surface area contributed by atoms with Crippen LogP contribution in [0.2, 0.25) is 5.02 Å². The molecular weight excluding hydrogens is 454 g/mol. The van der Waals surface area contributed by atoms with Gasteiger partial charge >= 0.3 is 0 Å². The van der Waals surface area contributed by atoms with E-state index in [2.05, 4.69) is 15.6 Å². The zero-order chi connectivity index (χ0) is 24.3. The molecule has 0 fully saturated rings. The summed E-state index contributed by atoms with van der Waals surface area (Å²) in [7, 11) is 0. The lowest BCUT2D eigenvalue weighted by Crippen LogP contribution is -2.51. The van der Waals surface area contributed by atoms with Gasteiger partial charge in [0, 0.05) is 17.6 Å². The van der Waals surface area contributed by atoms with Gasteiger partial charge in [-0.3, -0.25) is 19.4 Å². The number of pyridine rings is 1. The third-order valence-electron chi connectivity index (χ3n) is 5.06. The highest BCUT2D eigenvalue weighted by Crippen LogP contribution is 2.09. The molecule has 0 unspecified atom stereocenters. The number of benzene rings is 2. The van der Waals surface area contributed by atoms with Gasteiger partial charge in [0.25, 0.3) is 5.91 Å². The molecule has 1 aromatic heterocycles. The number of carbonyl (C=O) groups excluding carboxylic acids is 3. The van der Waals surface area contributed by atoms with Gasteiger partial charge in [-0.05, 0) is 30.2 Å². The average Bonchev–Trinajstić information content (AvgIpc) is 2.86. The molecule has 0 saturated heterocycles. The Morgan fingerprint density at radius 1 is 0.971 bits per heavy atom. The molecule has 0 radical (unpaired) electrons. The predicted octanol–water partition coefficient (Wildman–Crippen LogP) is 3.25. The normalized spacial score (nSPS) is 12.4. The molecule has 8 heteroatoms. The Kier molecular flexibility index (Phi) is 9.31. The predicted molar refractivity (Wildman–Crippen MR) is 129 cm³/mol. The molecule has 2 atom stereocenters. The summed E-state index contributed by atoms with van der Waals surface area (Å²) < 4.78 is 5.65. The molecule has 0 aliphatic rings. The minimum absolute atomic E-state index is 0.0354. The fraction of sp³-hybridized carbons (Fsp3) is 0.231. The summed E-state index contributed by atoms with van der Waals surface area (Å²) in [4.78, 5) is 42.4. The standard InChI is InChI=1S/C26H26ClN3O4/c1-18(34-17-20-10-6-3-7-11-20)25(32)30-23(14-19-8-4-2-5-9-19)24(31)26(33)29-16-22-15-21(27)12-13-28-22/h2-13,15,18,23H,14,16-17H2,1H3,(H,29,33)(H,30,32)/t18-,23-/m1/s1. The van der Waals surface area contributed by atoms with Crippen LogP contribution in [0.1, 0.15) is 23.7 Å². The quantitative estimate of drug-likeness (QED) is 0.411. The van der Waals surface area contributed by atoms with E-state index in [4.69, 9.17) is 16.3 Å². The zero-order valence-corrected chi connectivity index (χ0v) is 19.5. The minimum atomic E-state index is -1.05. The zero-order valence-electron chi connectivity index (χ0n) is 18.7. The Morgan fingerprint density at radius 2 is 1.62 bits per heavy atom. The summed E-state index contributed by atoms with van der Waals surface area (Å²) in [5.41, 5.74) is 2.25. The van der Waals surface area contributed by atoms with Gasteiger partial charge < -0.3 is 15.4 Å². The second kappa shape index (κ2) is 12.6. The highest BCUT2D eigenvalue weighted by molar-refractivity contribution is 6.38. The Balaban J connectivity index is 1.63. The second-order valence-electron chi connectivity index (χ2n) is 7.70. The van der Waals surface area contributed by atoms with Gasteiger partial charge in [-0.25, -0.2) is 0 Å². The number of carbonyl (C=O) groups is 3. The summed E-state index contributed by atoms with van der Waals surface area (Å²) in [6, 6.07) is 20.8. The first kappa shape index (κ1) is 25.1. The number of nitrogens with zero attached hydrogens (tertiary/aromatic N) is 1. The van der Waals surface area contributed by atoms with Crippen molar-refractivity contribution in [3.05, 3.63) is 101 Å². The van der Waals surface area contributed by atoms with Gasteiger partial charge in [0.1, 0.15) is 12.1 Å². The van der Waals surface area contributed by atoms with E-state index in [9.17, 15) is 14.4 Å². The van der Waals surface area contributed by atoms with E-state index in [1.165, 1.54) is 6.20 Å². The van der Waals surface area contributed by atoms with Crippen molar-refractivity contribution >= 4 is 29.2 Å². The maximum absolute atomic E-state index is 13.0. The number of hydrogen-bond acceptors (Lipinski definition) is 5. The maximum Gasteiger partial charge on any atom is 0.289 e. The number of halogens is 1. The molecule has 3 aromatic rings. The van der Waals surface area contributed by atoms with Crippen molar-refractivity contribution < 1.29 is 19.1 Å². The van der Waals surface area contributed by atoms with E-state index >= 15 is 0 Å². The van der Waals surface area contributed by atoms with Crippen LogP contribution in [-0.4, -0.2) is 34.7 Å². The van der Waals surface area contributed by atoms with E-state index in [0.717, 1.165) is 11.1 Å². The van der Waals surface area contributed by atoms with E-state index in [-0.39, 0.29) is 19.6 Å². The minimum Gasteiger partial charge on any atom is -0.364 e. The van der Waals surface area contributed by atoms with Gasteiger partial charge in [-0.2, -0.15) is 0 Å². The van der Waals surface area contributed by atoms with Gasteiger partial charge in [0.05, 0.1) is 18.8 Å². The number of ether oxygens (including phenoxy) is 1. The lowest BCUT2D eigenvalue weighted by molar-refractivity contribution is -0.141. The molecule has 3 rings (SSSR count). The van der Waals surface area contributed by atoms with Crippen LogP contribution in [0.25, 0.3) is 0 Å². The van der Waals surface area contributed by atoms with Gasteiger partial charge in [0.15, 0.2) is 0 Å². The van der Waals surface area contributed by atoms with Crippen LogP contribution in [0.3, 0.4) is 0 Å². The summed E-state index contributed by atoms with van der Waals surface area (Å²) >= 11 is 5.94. The van der Waals surface area contributed by atoms with Crippen LogP contribution < -0.4 is 10.6 Å². The van der Waals surface area contributed by atoms with Crippen molar-refractivity contribution in [2.75, 3.05) is 0 Å². The fourth-order valence-corrected chi connectivity index (χ4v) is 3.36. The maximum atomic E-state index is 13.0. The van der Waals surface area contributed by atoms with Crippen molar-refractivity contribution in [1.29, 1.82) is 0 Å². The monoisotopic (exact) mass is 479 g/mol. The molecule has 0 aliphatic heterocycles. The topological polar surface area (TPSA) is 97.4 Å². The first-order valence-corrected chi connectivity index (χ1v) is 11.2. The van der Waals surface area contributed by atoms with Crippen molar-refractivity contribution in [3.8, 4) is 0 Å². The van der Waals surface area contributed by atoms with Crippen LogP contribution in [-0.2, 0) is 38.7 Å². The molecule has 2 amide bonds. The third kappa shape index (κ3) is 7.79. The molecular formula is C26H26ClN3O4. The van der Waals surface area contributed by atoms with Crippen LogP contribution in [0.15, 0.2) is 79.0 Å². The molecule has 2 aromatic carbocycles. The van der Waals surface area contributed by atoms with Crippen molar-refractivity contribution in [2.24, 2.45) is 0 Å².